The van der Waals surface area contributed by atoms with Gasteiger partial charge >= 0.3 is 0 Å². The first-order valence-electron chi connectivity index (χ1n) is 14.5. The molecule has 0 bridgehead atoms. The van der Waals surface area contributed by atoms with E-state index in [4.69, 9.17) is 18.9 Å². The average Bonchev–Trinajstić information content (AvgIpc) is 3.50. The predicted molar refractivity (Wildman–Crippen MR) is 147 cm³/mol. The van der Waals surface area contributed by atoms with Crippen LogP contribution in [0.4, 0.5) is 0 Å². The topological polar surface area (TPSA) is 118 Å². The van der Waals surface area contributed by atoms with Gasteiger partial charge in [-0.15, -0.1) is 0 Å². The first kappa shape index (κ1) is 33.9. The highest BCUT2D eigenvalue weighted by Gasteiger charge is 2.27. The van der Waals surface area contributed by atoms with E-state index in [1.165, 1.54) is 0 Å². The van der Waals surface area contributed by atoms with E-state index in [2.05, 4.69) is 0 Å². The van der Waals surface area contributed by atoms with Crippen LogP contribution < -0.4 is 0 Å². The van der Waals surface area contributed by atoms with Gasteiger partial charge < -0.3 is 39.0 Å². The lowest BCUT2D eigenvalue weighted by atomic mass is 10.0. The molecule has 2 heterocycles. The van der Waals surface area contributed by atoms with Gasteiger partial charge in [0.15, 0.2) is 0 Å². The molecule has 0 aromatic rings. The highest BCUT2D eigenvalue weighted by atomic mass is 16.5. The van der Waals surface area contributed by atoms with Gasteiger partial charge in [-0.2, -0.15) is 0 Å². The van der Waals surface area contributed by atoms with Crippen LogP contribution in [0.25, 0.3) is 0 Å². The summed E-state index contributed by atoms with van der Waals surface area (Å²) < 4.78 is 22.9. The Balaban J connectivity index is 1.39. The molecular weight excluding hydrogens is 504 g/mol. The number of amides is 2. The first-order chi connectivity index (χ1) is 18.5. The Bertz CT molecular complexity index is 659. The monoisotopic (exact) mass is 556 g/mol. The van der Waals surface area contributed by atoms with Crippen molar-refractivity contribution in [3.05, 3.63) is 13.1 Å². The molecule has 2 fully saturated rings. The zero-order valence-electron chi connectivity index (χ0n) is 24.6. The summed E-state index contributed by atoms with van der Waals surface area (Å²) >= 11 is 0. The second kappa shape index (κ2) is 17.5. The number of likely N-dealkylation sites (tertiary alicyclic amines) is 2. The Hall–Kier alpha value is -1.30. The van der Waals surface area contributed by atoms with Gasteiger partial charge in [0.25, 0.3) is 0 Å². The van der Waals surface area contributed by atoms with E-state index in [1.807, 2.05) is 40.8 Å². The highest BCUT2D eigenvalue weighted by molar-refractivity contribution is 5.79. The zero-order valence-corrected chi connectivity index (χ0v) is 24.6. The van der Waals surface area contributed by atoms with E-state index in [0.29, 0.717) is 65.0 Å². The number of aliphatic hydroxyl groups is 2. The van der Waals surface area contributed by atoms with Crippen LogP contribution in [0.15, 0.2) is 0 Å². The fraction of sp³-hybridized carbons (Fsp3) is 0.862. The van der Waals surface area contributed by atoms with E-state index in [1.54, 1.807) is 9.80 Å². The quantitative estimate of drug-likeness (QED) is 0.196. The number of carbonyl (C=O) groups excluding carboxylic acids is 2. The maximum atomic E-state index is 11.7. The molecule has 2 radical (unpaired) electrons. The third-order valence-corrected chi connectivity index (χ3v) is 6.93. The van der Waals surface area contributed by atoms with Crippen molar-refractivity contribution >= 4 is 11.8 Å². The summed E-state index contributed by atoms with van der Waals surface area (Å²) in [5.74, 6) is 0.331. The van der Waals surface area contributed by atoms with Crippen molar-refractivity contribution in [1.82, 2.24) is 9.80 Å². The molecule has 2 saturated heterocycles. The minimum absolute atomic E-state index is 0.166. The molecule has 0 aliphatic carbocycles. The van der Waals surface area contributed by atoms with Crippen LogP contribution in [0.1, 0.15) is 85.5 Å². The molecule has 226 valence electrons. The number of aliphatic hydroxyl groups excluding tert-OH is 2. The molecule has 2 unspecified atom stereocenters. The Morgan fingerprint density at radius 3 is 1.51 bits per heavy atom. The van der Waals surface area contributed by atoms with Crippen molar-refractivity contribution in [2.45, 2.75) is 109 Å². The van der Waals surface area contributed by atoms with Crippen molar-refractivity contribution in [3.63, 3.8) is 0 Å². The summed E-state index contributed by atoms with van der Waals surface area (Å²) in [7, 11) is 0. The van der Waals surface area contributed by atoms with Crippen molar-refractivity contribution in [2.75, 3.05) is 52.7 Å². The van der Waals surface area contributed by atoms with Crippen molar-refractivity contribution in [1.29, 1.82) is 0 Å². The largest absolute Gasteiger partial charge is 0.391 e. The van der Waals surface area contributed by atoms with Crippen LogP contribution in [0.3, 0.4) is 0 Å². The van der Waals surface area contributed by atoms with Crippen LogP contribution in [-0.4, -0.2) is 108 Å². The molecule has 0 spiro atoms. The summed E-state index contributed by atoms with van der Waals surface area (Å²) in [5.41, 5.74) is -0.906. The fourth-order valence-electron chi connectivity index (χ4n) is 4.22. The number of hydrogen-bond acceptors (Lipinski definition) is 8. The highest BCUT2D eigenvalue weighted by Crippen LogP contribution is 2.22. The third kappa shape index (κ3) is 14.8. The molecule has 39 heavy (non-hydrogen) atoms. The summed E-state index contributed by atoms with van der Waals surface area (Å²) in [6.07, 6.45) is 4.76. The van der Waals surface area contributed by atoms with Gasteiger partial charge in [0.1, 0.15) is 0 Å². The standard InChI is InChI=1S/C29H52N2O8/c1-28(2,12-16-30-14-5-8-26(30)34)38-22-24(32)10-20-36-18-7-19-37-21-11-25(33)23-39-29(3,4)13-17-31-15-6-9-27(31)35/h16-17,24-25,32-33H,5-15,18-23H2,1-4H3. The van der Waals surface area contributed by atoms with E-state index in [0.717, 1.165) is 32.4 Å². The first-order valence-corrected chi connectivity index (χ1v) is 14.5. The number of rotatable bonds is 22. The van der Waals surface area contributed by atoms with Gasteiger partial charge in [0.2, 0.25) is 11.8 Å². The van der Waals surface area contributed by atoms with Gasteiger partial charge in [-0.05, 0) is 72.6 Å². The summed E-state index contributed by atoms with van der Waals surface area (Å²) in [4.78, 5) is 26.9. The van der Waals surface area contributed by atoms with E-state index >= 15 is 0 Å². The smallest absolute Gasteiger partial charge is 0.222 e. The Morgan fingerprint density at radius 1 is 0.744 bits per heavy atom. The Kier molecular flexibility index (Phi) is 15.2. The molecule has 2 aliphatic rings. The van der Waals surface area contributed by atoms with Crippen LogP contribution in [0.5, 0.6) is 0 Å². The van der Waals surface area contributed by atoms with Gasteiger partial charge in [-0.1, -0.05) is 0 Å². The van der Waals surface area contributed by atoms with Gasteiger partial charge in [0.05, 0.1) is 49.7 Å². The molecule has 10 heteroatoms. The minimum atomic E-state index is -0.608. The molecule has 0 aromatic heterocycles. The van der Waals surface area contributed by atoms with Gasteiger partial charge in [-0.25, -0.2) is 0 Å². The van der Waals surface area contributed by atoms with Crippen LogP contribution in [-0.2, 0) is 28.5 Å². The molecule has 0 saturated carbocycles. The van der Waals surface area contributed by atoms with Gasteiger partial charge in [0, 0.05) is 52.4 Å². The second-order valence-corrected chi connectivity index (χ2v) is 11.8. The van der Waals surface area contributed by atoms with Gasteiger partial charge in [-0.3, -0.25) is 9.59 Å². The zero-order chi connectivity index (χ0) is 28.7. The molecule has 2 N–H and O–H groups in total. The SMILES string of the molecule is CC(C)(C[CH]N1CCCC1=O)OCC(O)CCOCCCOCCC(O)COC(C)(C)C[CH]N1CCCC1=O. The maximum Gasteiger partial charge on any atom is 0.222 e. The Morgan fingerprint density at radius 2 is 1.15 bits per heavy atom. The summed E-state index contributed by atoms with van der Waals surface area (Å²) in [5, 5.41) is 20.4. The molecule has 2 atom stereocenters. The number of carbonyl (C=O) groups is 2. The molecule has 2 amide bonds. The Labute approximate surface area is 235 Å². The molecule has 10 nitrogen and oxygen atoms in total. The third-order valence-electron chi connectivity index (χ3n) is 6.93. The normalized spacial score (nSPS) is 18.4. The van der Waals surface area contributed by atoms with Crippen LogP contribution in [0, 0.1) is 13.1 Å². The average molecular weight is 557 g/mol. The maximum absolute atomic E-state index is 11.7. The summed E-state index contributed by atoms with van der Waals surface area (Å²) in [6, 6.07) is 0. The predicted octanol–water partition coefficient (Wildman–Crippen LogP) is 2.85. The van der Waals surface area contributed by atoms with E-state index in [-0.39, 0.29) is 25.0 Å². The number of nitrogens with zero attached hydrogens (tertiary/aromatic N) is 2. The van der Waals surface area contributed by atoms with E-state index in [9.17, 15) is 19.8 Å². The molecule has 2 aliphatic heterocycles. The summed E-state index contributed by atoms with van der Waals surface area (Å²) in [6.45, 7) is 15.6. The van der Waals surface area contributed by atoms with Crippen molar-refractivity contribution < 1.29 is 38.7 Å². The number of ether oxygens (including phenoxy) is 4. The molecule has 0 aromatic carbocycles. The van der Waals surface area contributed by atoms with Crippen LogP contribution >= 0.6 is 0 Å². The van der Waals surface area contributed by atoms with Crippen molar-refractivity contribution in [3.8, 4) is 0 Å². The number of hydrogen-bond donors (Lipinski definition) is 2. The fourth-order valence-corrected chi connectivity index (χ4v) is 4.22. The minimum Gasteiger partial charge on any atom is -0.391 e. The lowest BCUT2D eigenvalue weighted by Gasteiger charge is -2.28. The van der Waals surface area contributed by atoms with Crippen molar-refractivity contribution in [2.24, 2.45) is 0 Å². The lowest BCUT2D eigenvalue weighted by molar-refractivity contribution is -0.128. The van der Waals surface area contributed by atoms with E-state index < -0.39 is 23.4 Å². The molecular formula is C29H52N2O8. The second-order valence-electron chi connectivity index (χ2n) is 11.8. The lowest BCUT2D eigenvalue weighted by Crippen LogP contribution is -2.33. The molecule has 2 rings (SSSR count). The van der Waals surface area contributed by atoms with Crippen LogP contribution in [0.2, 0.25) is 0 Å².